The molecule has 1 aliphatic carbocycles. The number of nitrogens with zero attached hydrogens (tertiary/aromatic N) is 5. The molecule has 1 atom stereocenters. The lowest BCUT2D eigenvalue weighted by Gasteiger charge is -2.16. The minimum absolute atomic E-state index is 0.0601. The van der Waals surface area contributed by atoms with Crippen LogP contribution in [-0.2, 0) is 24.2 Å². The van der Waals surface area contributed by atoms with Gasteiger partial charge in [-0.05, 0) is 54.2 Å². The van der Waals surface area contributed by atoms with Crippen LogP contribution in [-0.4, -0.2) is 37.1 Å². The zero-order chi connectivity index (χ0) is 18.2. The second-order valence-corrected chi connectivity index (χ2v) is 7.37. The van der Waals surface area contributed by atoms with Crippen molar-refractivity contribution >= 4 is 5.91 Å². The molecule has 2 aromatic heterocycles. The van der Waals surface area contributed by atoms with Crippen molar-refractivity contribution in [2.45, 2.75) is 38.1 Å². The molecule has 3 aromatic rings. The fraction of sp³-hybridized carbons (Fsp3) is 0.333. The molecule has 27 heavy (non-hydrogen) atoms. The van der Waals surface area contributed by atoms with Gasteiger partial charge in [-0.15, -0.1) is 0 Å². The Labute approximate surface area is 157 Å². The average molecular weight is 359 g/mol. The summed E-state index contributed by atoms with van der Waals surface area (Å²) in [6, 6.07) is 10.5. The third kappa shape index (κ3) is 3.01. The van der Waals surface area contributed by atoms with E-state index in [1.54, 1.807) is 12.5 Å². The molecule has 1 aliphatic heterocycles. The molecule has 1 amide bonds. The van der Waals surface area contributed by atoms with E-state index in [-0.39, 0.29) is 11.8 Å². The van der Waals surface area contributed by atoms with Crippen LogP contribution < -0.4 is 0 Å². The number of aromatic nitrogens is 4. The zero-order valence-electron chi connectivity index (χ0n) is 15.1. The minimum atomic E-state index is 0.0601. The average Bonchev–Trinajstić information content (AvgIpc) is 3.42. The minimum Gasteiger partial charge on any atom is -0.338 e. The predicted octanol–water partition coefficient (Wildman–Crippen LogP) is 2.67. The number of benzene rings is 1. The summed E-state index contributed by atoms with van der Waals surface area (Å²) in [5, 5.41) is 4.46. The number of hydrogen-bond donors (Lipinski definition) is 0. The Morgan fingerprint density at radius 3 is 2.96 bits per heavy atom. The predicted molar refractivity (Wildman–Crippen MR) is 100 cm³/mol. The van der Waals surface area contributed by atoms with Crippen LogP contribution in [0.3, 0.4) is 0 Å². The highest BCUT2D eigenvalue weighted by Crippen LogP contribution is 2.30. The first-order chi connectivity index (χ1) is 13.3. The number of carbonyl (C=O) groups excluding carboxylic acids is 1. The molecule has 6 nitrogen and oxygen atoms in total. The highest BCUT2D eigenvalue weighted by Gasteiger charge is 2.33. The van der Waals surface area contributed by atoms with E-state index in [9.17, 15) is 4.79 Å². The lowest BCUT2D eigenvalue weighted by Crippen LogP contribution is -2.24. The third-order valence-electron chi connectivity index (χ3n) is 5.58. The topological polar surface area (TPSA) is 63.9 Å². The van der Waals surface area contributed by atoms with Crippen molar-refractivity contribution in [3.05, 3.63) is 71.6 Å². The van der Waals surface area contributed by atoms with Gasteiger partial charge in [-0.25, -0.2) is 9.67 Å². The molecule has 1 saturated heterocycles. The number of amides is 1. The molecule has 3 heterocycles. The van der Waals surface area contributed by atoms with Crippen LogP contribution in [0, 0.1) is 0 Å². The number of likely N-dealkylation sites (tertiary alicyclic amines) is 1. The molecule has 0 unspecified atom stereocenters. The summed E-state index contributed by atoms with van der Waals surface area (Å²) in [5.41, 5.74) is 4.95. The first kappa shape index (κ1) is 16.2. The van der Waals surface area contributed by atoms with E-state index in [1.807, 2.05) is 27.9 Å². The monoisotopic (exact) mass is 359 g/mol. The molecule has 6 heteroatoms. The summed E-state index contributed by atoms with van der Waals surface area (Å²) >= 11 is 0. The van der Waals surface area contributed by atoms with Gasteiger partial charge in [0, 0.05) is 37.8 Å². The van der Waals surface area contributed by atoms with Crippen molar-refractivity contribution in [3.8, 4) is 5.69 Å². The molecule has 0 saturated carbocycles. The summed E-state index contributed by atoms with van der Waals surface area (Å²) in [7, 11) is 0. The van der Waals surface area contributed by atoms with Crippen LogP contribution >= 0.6 is 0 Å². The maximum atomic E-state index is 12.5. The molecular weight excluding hydrogens is 338 g/mol. The molecule has 136 valence electrons. The Hall–Kier alpha value is -3.02. The van der Waals surface area contributed by atoms with E-state index in [1.165, 1.54) is 24.0 Å². The van der Waals surface area contributed by atoms with E-state index in [4.69, 9.17) is 0 Å². The molecule has 0 N–H and O–H groups in total. The van der Waals surface area contributed by atoms with Crippen LogP contribution in [0.1, 0.15) is 41.3 Å². The number of rotatable bonds is 4. The smallest absolute Gasteiger partial charge is 0.223 e. The summed E-state index contributed by atoms with van der Waals surface area (Å²) in [6.07, 6.45) is 9.16. The molecular formula is C21H21N5O. The fourth-order valence-electron chi connectivity index (χ4n) is 4.23. The lowest BCUT2D eigenvalue weighted by atomic mass is 10.1. The quantitative estimate of drug-likeness (QED) is 0.718. The normalized spacial score (nSPS) is 18.9. The molecule has 0 radical (unpaired) electrons. The molecule has 5 rings (SSSR count). The van der Waals surface area contributed by atoms with Crippen molar-refractivity contribution in [3.63, 3.8) is 0 Å². The highest BCUT2D eigenvalue weighted by molar-refractivity contribution is 5.79. The summed E-state index contributed by atoms with van der Waals surface area (Å²) in [5.74, 6) is 1.09. The largest absolute Gasteiger partial charge is 0.338 e. The van der Waals surface area contributed by atoms with Crippen molar-refractivity contribution in [1.82, 2.24) is 24.6 Å². The maximum absolute atomic E-state index is 12.5. The van der Waals surface area contributed by atoms with Gasteiger partial charge < -0.3 is 4.90 Å². The lowest BCUT2D eigenvalue weighted by molar-refractivity contribution is -0.128. The van der Waals surface area contributed by atoms with Crippen molar-refractivity contribution in [2.75, 3.05) is 6.54 Å². The van der Waals surface area contributed by atoms with Gasteiger partial charge in [-0.3, -0.25) is 9.78 Å². The Balaban J connectivity index is 1.39. The second kappa shape index (κ2) is 6.61. The molecule has 2 aliphatic rings. The Morgan fingerprint density at radius 2 is 2.07 bits per heavy atom. The van der Waals surface area contributed by atoms with E-state index < -0.39 is 0 Å². The molecule has 1 fully saturated rings. The highest BCUT2D eigenvalue weighted by atomic mass is 16.2. The van der Waals surface area contributed by atoms with Crippen LogP contribution in [0.4, 0.5) is 0 Å². The summed E-state index contributed by atoms with van der Waals surface area (Å²) < 4.78 is 1.91. The van der Waals surface area contributed by atoms with E-state index >= 15 is 0 Å². The van der Waals surface area contributed by atoms with Crippen LogP contribution in [0.2, 0.25) is 0 Å². The molecule has 0 spiro atoms. The second-order valence-electron chi connectivity index (χ2n) is 7.37. The number of fused-ring (bicyclic) bond motifs is 1. The van der Waals surface area contributed by atoms with Gasteiger partial charge in [-0.1, -0.05) is 12.1 Å². The number of hydrogen-bond acceptors (Lipinski definition) is 4. The van der Waals surface area contributed by atoms with Crippen molar-refractivity contribution in [1.29, 1.82) is 0 Å². The van der Waals surface area contributed by atoms with Gasteiger partial charge in [0.1, 0.15) is 12.2 Å². The van der Waals surface area contributed by atoms with E-state index in [0.717, 1.165) is 23.5 Å². The first-order valence-corrected chi connectivity index (χ1v) is 9.47. The Morgan fingerprint density at radius 1 is 1.15 bits per heavy atom. The van der Waals surface area contributed by atoms with Gasteiger partial charge in [0.15, 0.2) is 0 Å². The van der Waals surface area contributed by atoms with Crippen molar-refractivity contribution < 1.29 is 4.79 Å². The Kier molecular flexibility index (Phi) is 3.96. The SMILES string of the molecule is O=C1C[C@H](c2ncnn2-c2ccc3c(c2)CCC3)CN1Cc1cccnc1. The maximum Gasteiger partial charge on any atom is 0.223 e. The van der Waals surface area contributed by atoms with Crippen molar-refractivity contribution in [2.24, 2.45) is 0 Å². The van der Waals surface area contributed by atoms with Crippen LogP contribution in [0.15, 0.2) is 49.1 Å². The zero-order valence-corrected chi connectivity index (χ0v) is 15.1. The molecule has 0 bridgehead atoms. The Bertz CT molecular complexity index is 981. The summed E-state index contributed by atoms with van der Waals surface area (Å²) in [4.78, 5) is 23.1. The van der Waals surface area contributed by atoms with E-state index in [2.05, 4.69) is 33.3 Å². The fourth-order valence-corrected chi connectivity index (χ4v) is 4.23. The van der Waals surface area contributed by atoms with Gasteiger partial charge in [-0.2, -0.15) is 5.10 Å². The van der Waals surface area contributed by atoms with Gasteiger partial charge in [0.2, 0.25) is 5.91 Å². The number of carbonyl (C=O) groups is 1. The number of pyridine rings is 1. The van der Waals surface area contributed by atoms with Gasteiger partial charge >= 0.3 is 0 Å². The standard InChI is InChI=1S/C21H21N5O/c27-20-10-18(13-25(20)12-15-3-2-8-22-11-15)21-23-14-24-26(21)19-7-6-16-4-1-5-17(16)9-19/h2-3,6-9,11,14,18H,1,4-5,10,12-13H2/t18-/m0/s1. The van der Waals surface area contributed by atoms with Gasteiger partial charge in [0.25, 0.3) is 0 Å². The summed E-state index contributed by atoms with van der Waals surface area (Å²) in [6.45, 7) is 1.26. The first-order valence-electron chi connectivity index (χ1n) is 9.47. The third-order valence-corrected chi connectivity index (χ3v) is 5.58. The van der Waals surface area contributed by atoms with Crippen LogP contribution in [0.5, 0.6) is 0 Å². The van der Waals surface area contributed by atoms with E-state index in [0.29, 0.717) is 19.5 Å². The van der Waals surface area contributed by atoms with Gasteiger partial charge in [0.05, 0.1) is 5.69 Å². The number of aryl methyl sites for hydroxylation is 2. The van der Waals surface area contributed by atoms with Crippen LogP contribution in [0.25, 0.3) is 5.69 Å². The molecule has 1 aromatic carbocycles.